The summed E-state index contributed by atoms with van der Waals surface area (Å²) in [6, 6.07) is 19.0. The Morgan fingerprint density at radius 3 is 2.00 bits per heavy atom. The zero-order valence-corrected chi connectivity index (χ0v) is 14.5. The molecule has 2 aromatic rings. The van der Waals surface area contributed by atoms with E-state index in [1.165, 1.54) is 24.0 Å². The SMILES string of the molecule is CC.CC1C2CCC1C(O)(c1ccc(-c3ccccc3)cc1)C2. The molecule has 2 aliphatic carbocycles. The van der Waals surface area contributed by atoms with Gasteiger partial charge in [0.1, 0.15) is 0 Å². The Balaban J connectivity index is 0.000000753. The predicted octanol–water partition coefficient (Wildman–Crippen LogP) is 5.63. The molecule has 2 aromatic carbocycles. The monoisotopic (exact) mass is 308 g/mol. The molecule has 2 aliphatic rings. The number of rotatable bonds is 2. The van der Waals surface area contributed by atoms with Crippen LogP contribution < -0.4 is 0 Å². The maximum Gasteiger partial charge on any atom is 0.0929 e. The van der Waals surface area contributed by atoms with Gasteiger partial charge >= 0.3 is 0 Å². The molecule has 1 N–H and O–H groups in total. The summed E-state index contributed by atoms with van der Waals surface area (Å²) in [5.74, 6) is 1.84. The Kier molecular flexibility index (Phi) is 4.59. The Bertz CT molecular complexity index is 631. The largest absolute Gasteiger partial charge is 0.385 e. The Morgan fingerprint density at radius 2 is 1.48 bits per heavy atom. The van der Waals surface area contributed by atoms with Crippen molar-refractivity contribution >= 4 is 0 Å². The minimum Gasteiger partial charge on any atom is -0.385 e. The molecule has 0 spiro atoms. The van der Waals surface area contributed by atoms with Crippen LogP contribution in [0.2, 0.25) is 0 Å². The van der Waals surface area contributed by atoms with E-state index in [0.717, 1.165) is 12.0 Å². The first-order valence-corrected chi connectivity index (χ1v) is 9.07. The number of fused-ring (bicyclic) bond motifs is 2. The fourth-order valence-corrected chi connectivity index (χ4v) is 4.67. The maximum atomic E-state index is 11.2. The zero-order chi connectivity index (χ0) is 16.4. The molecular formula is C22H28O. The summed E-state index contributed by atoms with van der Waals surface area (Å²) in [6.07, 6.45) is 3.43. The van der Waals surface area contributed by atoms with Gasteiger partial charge in [-0.2, -0.15) is 0 Å². The standard InChI is InChI=1S/C20H22O.C2H6/c1-14-17-9-12-19(14)20(21,13-17)18-10-7-16(8-11-18)15-5-3-2-4-6-15;1-2/h2-8,10-11,14,17,19,21H,9,12-13H2,1H3;1-2H3. The fourth-order valence-electron chi connectivity index (χ4n) is 4.67. The van der Waals surface area contributed by atoms with E-state index in [1.807, 2.05) is 19.9 Å². The molecule has 2 fully saturated rings. The quantitative estimate of drug-likeness (QED) is 0.762. The van der Waals surface area contributed by atoms with Crippen molar-refractivity contribution in [1.82, 2.24) is 0 Å². The smallest absolute Gasteiger partial charge is 0.0929 e. The van der Waals surface area contributed by atoms with Gasteiger partial charge in [0.15, 0.2) is 0 Å². The molecule has 0 heterocycles. The van der Waals surface area contributed by atoms with E-state index in [1.54, 1.807) is 0 Å². The van der Waals surface area contributed by atoms with E-state index in [2.05, 4.69) is 55.5 Å². The van der Waals surface area contributed by atoms with Crippen LogP contribution in [-0.2, 0) is 5.60 Å². The van der Waals surface area contributed by atoms with Gasteiger partial charge in [0.25, 0.3) is 0 Å². The maximum absolute atomic E-state index is 11.2. The van der Waals surface area contributed by atoms with Crippen molar-refractivity contribution in [3.05, 3.63) is 60.2 Å². The molecule has 4 atom stereocenters. The summed E-state index contributed by atoms with van der Waals surface area (Å²) in [5, 5.41) is 11.2. The second-order valence-corrected chi connectivity index (χ2v) is 6.87. The van der Waals surface area contributed by atoms with Gasteiger partial charge in [0.2, 0.25) is 0 Å². The summed E-state index contributed by atoms with van der Waals surface area (Å²) in [7, 11) is 0. The highest BCUT2D eigenvalue weighted by molar-refractivity contribution is 5.63. The van der Waals surface area contributed by atoms with Gasteiger partial charge < -0.3 is 5.11 Å². The van der Waals surface area contributed by atoms with Crippen molar-refractivity contribution in [3.63, 3.8) is 0 Å². The zero-order valence-electron chi connectivity index (χ0n) is 14.5. The van der Waals surface area contributed by atoms with E-state index in [9.17, 15) is 5.11 Å². The van der Waals surface area contributed by atoms with Crippen LogP contribution in [0.25, 0.3) is 11.1 Å². The van der Waals surface area contributed by atoms with E-state index in [4.69, 9.17) is 0 Å². The molecule has 0 aliphatic heterocycles. The lowest BCUT2D eigenvalue weighted by Crippen LogP contribution is -2.32. The van der Waals surface area contributed by atoms with Crippen molar-refractivity contribution < 1.29 is 5.11 Å². The molecule has 23 heavy (non-hydrogen) atoms. The number of hydrogen-bond acceptors (Lipinski definition) is 1. The van der Waals surface area contributed by atoms with Crippen LogP contribution in [0.5, 0.6) is 0 Å². The summed E-state index contributed by atoms with van der Waals surface area (Å²) in [6.45, 7) is 6.32. The van der Waals surface area contributed by atoms with Crippen LogP contribution in [0, 0.1) is 17.8 Å². The Morgan fingerprint density at radius 1 is 0.870 bits per heavy atom. The highest BCUT2D eigenvalue weighted by Crippen LogP contribution is 2.58. The van der Waals surface area contributed by atoms with Crippen molar-refractivity contribution in [1.29, 1.82) is 0 Å². The van der Waals surface area contributed by atoms with Gasteiger partial charge in [-0.1, -0.05) is 75.4 Å². The van der Waals surface area contributed by atoms with E-state index in [0.29, 0.717) is 17.8 Å². The molecule has 2 saturated carbocycles. The average molecular weight is 308 g/mol. The first-order chi connectivity index (χ1) is 11.2. The molecule has 0 radical (unpaired) electrons. The Labute approximate surface area is 140 Å². The summed E-state index contributed by atoms with van der Waals surface area (Å²) in [5.41, 5.74) is 2.98. The van der Waals surface area contributed by atoms with Crippen LogP contribution in [-0.4, -0.2) is 5.11 Å². The lowest BCUT2D eigenvalue weighted by atomic mass is 9.78. The molecule has 2 bridgehead atoms. The van der Waals surface area contributed by atoms with Crippen LogP contribution >= 0.6 is 0 Å². The van der Waals surface area contributed by atoms with Gasteiger partial charge in [-0.25, -0.2) is 0 Å². The van der Waals surface area contributed by atoms with E-state index in [-0.39, 0.29) is 0 Å². The first kappa shape index (κ1) is 16.3. The van der Waals surface area contributed by atoms with E-state index < -0.39 is 5.60 Å². The van der Waals surface area contributed by atoms with Crippen molar-refractivity contribution in [2.45, 2.75) is 45.6 Å². The molecule has 0 amide bonds. The summed E-state index contributed by atoms with van der Waals surface area (Å²) in [4.78, 5) is 0. The first-order valence-electron chi connectivity index (χ1n) is 9.07. The van der Waals surface area contributed by atoms with Crippen LogP contribution in [0.3, 0.4) is 0 Å². The van der Waals surface area contributed by atoms with Gasteiger partial charge in [-0.05, 0) is 53.7 Å². The summed E-state index contributed by atoms with van der Waals surface area (Å²) >= 11 is 0. The highest BCUT2D eigenvalue weighted by Gasteiger charge is 2.55. The predicted molar refractivity (Wildman–Crippen MR) is 97.1 cm³/mol. The van der Waals surface area contributed by atoms with Crippen molar-refractivity contribution in [2.24, 2.45) is 17.8 Å². The highest BCUT2D eigenvalue weighted by atomic mass is 16.3. The van der Waals surface area contributed by atoms with Crippen molar-refractivity contribution in [2.75, 3.05) is 0 Å². The van der Waals surface area contributed by atoms with E-state index >= 15 is 0 Å². The molecule has 0 saturated heterocycles. The third-order valence-corrected chi connectivity index (χ3v) is 5.91. The minimum atomic E-state index is -0.586. The second kappa shape index (κ2) is 6.49. The lowest BCUT2D eigenvalue weighted by Gasteiger charge is -2.33. The molecular weight excluding hydrogens is 280 g/mol. The van der Waals surface area contributed by atoms with Crippen LogP contribution in [0.4, 0.5) is 0 Å². The minimum absolute atomic E-state index is 0.449. The Hall–Kier alpha value is -1.60. The third-order valence-electron chi connectivity index (χ3n) is 5.91. The van der Waals surface area contributed by atoms with Gasteiger partial charge in [0, 0.05) is 0 Å². The topological polar surface area (TPSA) is 20.2 Å². The molecule has 4 rings (SSSR count). The molecule has 4 unspecified atom stereocenters. The van der Waals surface area contributed by atoms with Gasteiger partial charge in [-0.15, -0.1) is 0 Å². The van der Waals surface area contributed by atoms with Crippen LogP contribution in [0.15, 0.2) is 54.6 Å². The number of aliphatic hydroxyl groups is 1. The second-order valence-electron chi connectivity index (χ2n) is 6.87. The number of hydrogen-bond donors (Lipinski definition) is 1. The third kappa shape index (κ3) is 2.72. The van der Waals surface area contributed by atoms with Crippen molar-refractivity contribution in [3.8, 4) is 11.1 Å². The van der Waals surface area contributed by atoms with Gasteiger partial charge in [-0.3, -0.25) is 0 Å². The van der Waals surface area contributed by atoms with Gasteiger partial charge in [0.05, 0.1) is 5.60 Å². The molecule has 0 aromatic heterocycles. The average Bonchev–Trinajstić information content (AvgIpc) is 3.10. The molecule has 1 nitrogen and oxygen atoms in total. The fraction of sp³-hybridized carbons (Fsp3) is 0.455. The number of benzene rings is 2. The molecule has 122 valence electrons. The summed E-state index contributed by atoms with van der Waals surface area (Å²) < 4.78 is 0. The molecule has 1 heteroatoms. The van der Waals surface area contributed by atoms with Crippen LogP contribution in [0.1, 0.15) is 45.6 Å². The normalized spacial score (nSPS) is 31.6. The lowest BCUT2D eigenvalue weighted by molar-refractivity contribution is -0.0225.